The van der Waals surface area contributed by atoms with E-state index in [9.17, 15) is 14.4 Å². The summed E-state index contributed by atoms with van der Waals surface area (Å²) in [6.07, 6.45) is 1.90. The molecule has 6 nitrogen and oxygen atoms in total. The van der Waals surface area contributed by atoms with E-state index in [0.717, 1.165) is 7.11 Å². The average molecular weight is 297 g/mol. The number of carbonyl (C=O) groups excluding carboxylic acids is 1. The van der Waals surface area contributed by atoms with Crippen molar-refractivity contribution in [3.05, 3.63) is 33.1 Å². The lowest BCUT2D eigenvalue weighted by Crippen LogP contribution is -2.44. The fourth-order valence-electron chi connectivity index (χ4n) is 1.44. The van der Waals surface area contributed by atoms with E-state index in [2.05, 4.69) is 13.2 Å². The maximum absolute atomic E-state index is 11.8. The maximum atomic E-state index is 11.8. The Morgan fingerprint density at radius 3 is 2.33 bits per heavy atom. The summed E-state index contributed by atoms with van der Waals surface area (Å²) in [5.41, 5.74) is -0.417. The molecule has 0 saturated carbocycles. The van der Waals surface area contributed by atoms with E-state index in [4.69, 9.17) is 10.2 Å². The van der Waals surface area contributed by atoms with E-state index in [0.29, 0.717) is 11.5 Å². The highest BCUT2D eigenvalue weighted by Crippen LogP contribution is 2.07. The highest BCUT2D eigenvalue weighted by molar-refractivity contribution is 5.67. The molecule has 21 heavy (non-hydrogen) atoms. The first kappa shape index (κ1) is 21.1. The van der Waals surface area contributed by atoms with Gasteiger partial charge in [-0.25, -0.2) is 0 Å². The second-order valence-electron chi connectivity index (χ2n) is 3.67. The van der Waals surface area contributed by atoms with Crippen molar-refractivity contribution in [1.29, 1.82) is 0 Å². The number of carboxylic acids is 1. The number of pyridine rings is 1. The molecule has 0 aliphatic carbocycles. The SMILES string of the molecule is C=c1ccn(C(C=O)CCC(=O)O)c(=O)c1=C.CC.CO. The first-order valence-electron chi connectivity index (χ1n) is 6.48. The zero-order valence-electron chi connectivity index (χ0n) is 12.7. The number of aliphatic hydroxyl groups is 1. The van der Waals surface area contributed by atoms with Gasteiger partial charge in [0.1, 0.15) is 6.29 Å². The predicted octanol–water partition coefficient (Wildman–Crippen LogP) is -0.0916. The maximum Gasteiger partial charge on any atom is 0.303 e. The van der Waals surface area contributed by atoms with E-state index >= 15 is 0 Å². The van der Waals surface area contributed by atoms with Gasteiger partial charge in [0, 0.05) is 24.9 Å². The van der Waals surface area contributed by atoms with Crippen molar-refractivity contribution >= 4 is 25.4 Å². The van der Waals surface area contributed by atoms with Crippen LogP contribution >= 0.6 is 0 Å². The van der Waals surface area contributed by atoms with E-state index in [1.54, 1.807) is 6.07 Å². The summed E-state index contributed by atoms with van der Waals surface area (Å²) in [7, 11) is 1.00. The standard InChI is InChI=1S/C12H13NO4.C2H6.CH4O/c1-8-5-6-13(12(17)9(8)2)10(7-14)3-4-11(15)16;2*1-2/h5-7,10H,1-4H2,(H,15,16);1-2H3;2H,1H3. The normalized spacial score (nSPS) is 10.3. The summed E-state index contributed by atoms with van der Waals surface area (Å²) in [5.74, 6) is -1.01. The van der Waals surface area contributed by atoms with Crippen molar-refractivity contribution in [2.24, 2.45) is 0 Å². The number of aldehydes is 1. The van der Waals surface area contributed by atoms with Crippen LogP contribution in [0.15, 0.2) is 17.1 Å². The Kier molecular flexibility index (Phi) is 11.7. The van der Waals surface area contributed by atoms with Crippen LogP contribution in [0.25, 0.3) is 13.2 Å². The molecule has 0 aliphatic heterocycles. The third-order valence-electron chi connectivity index (χ3n) is 2.48. The topological polar surface area (TPSA) is 96.6 Å². The highest BCUT2D eigenvalue weighted by Gasteiger charge is 2.13. The molecule has 1 unspecified atom stereocenters. The molecule has 0 fully saturated rings. The molecule has 0 amide bonds. The van der Waals surface area contributed by atoms with Crippen molar-refractivity contribution in [3.63, 3.8) is 0 Å². The van der Waals surface area contributed by atoms with E-state index in [-0.39, 0.29) is 18.1 Å². The molecular weight excluding hydrogens is 274 g/mol. The van der Waals surface area contributed by atoms with Gasteiger partial charge in [0.05, 0.1) is 6.04 Å². The van der Waals surface area contributed by atoms with Gasteiger partial charge >= 0.3 is 5.97 Å². The molecule has 0 spiro atoms. The van der Waals surface area contributed by atoms with Gasteiger partial charge in [0.25, 0.3) is 5.56 Å². The number of hydrogen-bond acceptors (Lipinski definition) is 4. The number of carboxylic acid groups (broad SMARTS) is 1. The summed E-state index contributed by atoms with van der Waals surface area (Å²) in [5, 5.41) is 16.3. The number of hydrogen-bond donors (Lipinski definition) is 2. The van der Waals surface area contributed by atoms with Gasteiger partial charge in [0.15, 0.2) is 0 Å². The van der Waals surface area contributed by atoms with E-state index in [1.165, 1.54) is 10.8 Å². The molecular formula is C15H23NO5. The molecule has 0 saturated heterocycles. The smallest absolute Gasteiger partial charge is 0.303 e. The predicted molar refractivity (Wildman–Crippen MR) is 82.5 cm³/mol. The molecule has 118 valence electrons. The molecule has 1 atom stereocenters. The molecule has 6 heteroatoms. The minimum Gasteiger partial charge on any atom is -0.481 e. The van der Waals surface area contributed by atoms with Gasteiger partial charge in [-0.05, 0) is 17.7 Å². The third-order valence-corrected chi connectivity index (χ3v) is 2.48. The summed E-state index contributed by atoms with van der Waals surface area (Å²) in [4.78, 5) is 33.1. The lowest BCUT2D eigenvalue weighted by molar-refractivity contribution is -0.137. The number of aromatic nitrogens is 1. The van der Waals surface area contributed by atoms with Crippen LogP contribution < -0.4 is 16.0 Å². The lowest BCUT2D eigenvalue weighted by atomic mass is 10.1. The van der Waals surface area contributed by atoms with Crippen molar-refractivity contribution in [3.8, 4) is 0 Å². The Hall–Kier alpha value is -2.21. The Bertz CT molecular complexity index is 591. The molecule has 0 aliphatic rings. The second-order valence-corrected chi connectivity index (χ2v) is 3.67. The van der Waals surface area contributed by atoms with Crippen LogP contribution in [0.4, 0.5) is 0 Å². The minimum atomic E-state index is -1.01. The van der Waals surface area contributed by atoms with Crippen LogP contribution in [-0.4, -0.2) is 34.1 Å². The molecule has 0 radical (unpaired) electrons. The van der Waals surface area contributed by atoms with Crippen molar-refractivity contribution in [1.82, 2.24) is 4.57 Å². The van der Waals surface area contributed by atoms with Crippen LogP contribution in [0.2, 0.25) is 0 Å². The molecule has 1 aromatic heterocycles. The van der Waals surface area contributed by atoms with Crippen LogP contribution in [0.5, 0.6) is 0 Å². The van der Waals surface area contributed by atoms with Crippen molar-refractivity contribution < 1.29 is 19.8 Å². The molecule has 1 rings (SSSR count). The summed E-state index contributed by atoms with van der Waals surface area (Å²) in [6.45, 7) is 11.2. The first-order chi connectivity index (χ1) is 9.97. The number of aliphatic carboxylic acids is 1. The lowest BCUT2D eigenvalue weighted by Gasteiger charge is -2.12. The Morgan fingerprint density at radius 2 is 1.90 bits per heavy atom. The zero-order chi connectivity index (χ0) is 17.0. The minimum absolute atomic E-state index is 0.0780. The quantitative estimate of drug-likeness (QED) is 0.740. The fourth-order valence-corrected chi connectivity index (χ4v) is 1.44. The first-order valence-corrected chi connectivity index (χ1v) is 6.48. The largest absolute Gasteiger partial charge is 0.481 e. The molecule has 0 aromatic carbocycles. The average Bonchev–Trinajstić information content (AvgIpc) is 2.51. The summed E-state index contributed by atoms with van der Waals surface area (Å²) >= 11 is 0. The Labute approximate surface area is 123 Å². The number of carbonyl (C=O) groups is 2. The Balaban J connectivity index is 0. The van der Waals surface area contributed by atoms with Crippen LogP contribution in [0, 0.1) is 0 Å². The highest BCUT2D eigenvalue weighted by atomic mass is 16.4. The number of nitrogens with zero attached hydrogens (tertiary/aromatic N) is 1. The van der Waals surface area contributed by atoms with Gasteiger partial charge in [-0.3, -0.25) is 9.59 Å². The van der Waals surface area contributed by atoms with E-state index in [1.807, 2.05) is 13.8 Å². The molecule has 0 bridgehead atoms. The number of aliphatic hydroxyl groups excluding tert-OH is 1. The van der Waals surface area contributed by atoms with E-state index < -0.39 is 17.6 Å². The zero-order valence-corrected chi connectivity index (χ0v) is 12.7. The van der Waals surface area contributed by atoms with Gasteiger partial charge in [-0.15, -0.1) is 0 Å². The van der Waals surface area contributed by atoms with Gasteiger partial charge < -0.3 is 19.6 Å². The van der Waals surface area contributed by atoms with Gasteiger partial charge in [-0.2, -0.15) is 0 Å². The van der Waals surface area contributed by atoms with Crippen molar-refractivity contribution in [2.45, 2.75) is 32.7 Å². The molecule has 1 aromatic rings. The van der Waals surface area contributed by atoms with Gasteiger partial charge in [-0.1, -0.05) is 27.0 Å². The third kappa shape index (κ3) is 6.67. The monoisotopic (exact) mass is 297 g/mol. The van der Waals surface area contributed by atoms with Crippen molar-refractivity contribution in [2.75, 3.05) is 7.11 Å². The Morgan fingerprint density at radius 1 is 1.38 bits per heavy atom. The summed E-state index contributed by atoms with van der Waals surface area (Å²) in [6, 6.07) is 0.792. The van der Waals surface area contributed by atoms with Gasteiger partial charge in [0.2, 0.25) is 0 Å². The van der Waals surface area contributed by atoms with Crippen LogP contribution in [-0.2, 0) is 9.59 Å². The molecule has 2 N–H and O–H groups in total. The molecule has 1 heterocycles. The summed E-state index contributed by atoms with van der Waals surface area (Å²) < 4.78 is 1.19. The fraction of sp³-hybridized carbons (Fsp3) is 0.400. The second kappa shape index (κ2) is 11.6. The van der Waals surface area contributed by atoms with Crippen LogP contribution in [0.3, 0.4) is 0 Å². The van der Waals surface area contributed by atoms with Crippen LogP contribution in [0.1, 0.15) is 32.7 Å². The number of rotatable bonds is 5.